The Labute approximate surface area is 212 Å². The van der Waals surface area contributed by atoms with Crippen LogP contribution in [0.2, 0.25) is 0 Å². The molecule has 2 atom stereocenters. The van der Waals surface area contributed by atoms with Crippen LogP contribution in [-0.4, -0.2) is 29.7 Å². The SMILES string of the molecule is CCc1cccc(CNCC(O)C(Cc2cc(F)cc(F)c2)NC(=O)Cc2ccccc2C(F)(F)F)c1. The molecule has 1 amide bonds. The molecule has 0 aliphatic heterocycles. The summed E-state index contributed by atoms with van der Waals surface area (Å²) in [4.78, 5) is 12.7. The minimum Gasteiger partial charge on any atom is -0.390 e. The number of aliphatic hydroxyl groups excluding tert-OH is 1. The molecule has 0 fully saturated rings. The summed E-state index contributed by atoms with van der Waals surface area (Å²) < 4.78 is 67.4. The molecule has 3 aromatic carbocycles. The first-order valence-corrected chi connectivity index (χ1v) is 11.9. The normalized spacial score (nSPS) is 13.3. The van der Waals surface area contributed by atoms with Gasteiger partial charge in [0.1, 0.15) is 11.6 Å². The predicted molar refractivity (Wildman–Crippen MR) is 131 cm³/mol. The maximum Gasteiger partial charge on any atom is 0.416 e. The van der Waals surface area contributed by atoms with Crippen molar-refractivity contribution in [2.24, 2.45) is 0 Å². The van der Waals surface area contributed by atoms with Crippen LogP contribution in [0.1, 0.15) is 34.7 Å². The number of hydrogen-bond donors (Lipinski definition) is 3. The number of halogens is 5. The van der Waals surface area contributed by atoms with Crippen LogP contribution in [0, 0.1) is 11.6 Å². The van der Waals surface area contributed by atoms with Gasteiger partial charge >= 0.3 is 6.18 Å². The smallest absolute Gasteiger partial charge is 0.390 e. The van der Waals surface area contributed by atoms with E-state index in [0.29, 0.717) is 12.6 Å². The minimum absolute atomic E-state index is 0.0260. The Hall–Kier alpha value is -3.30. The highest BCUT2D eigenvalue weighted by Gasteiger charge is 2.33. The summed E-state index contributed by atoms with van der Waals surface area (Å²) in [5.41, 5.74) is 1.19. The number of rotatable bonds is 11. The first kappa shape index (κ1) is 28.3. The van der Waals surface area contributed by atoms with Gasteiger partial charge in [0, 0.05) is 19.2 Å². The van der Waals surface area contributed by atoms with E-state index in [1.54, 1.807) is 0 Å². The standard InChI is InChI=1S/C28H29F5N2O2/c1-2-18-6-5-7-19(10-18)16-34-17-26(36)25(13-20-11-22(29)15-23(30)12-20)35-27(37)14-21-8-3-4-9-24(21)28(31,32)33/h3-12,15,25-26,34,36H,2,13-14,16-17H2,1H3,(H,35,37). The molecule has 3 N–H and O–H groups in total. The number of aliphatic hydroxyl groups is 1. The Morgan fingerprint density at radius 2 is 1.59 bits per heavy atom. The van der Waals surface area contributed by atoms with Crippen LogP contribution in [0.15, 0.2) is 66.7 Å². The molecule has 0 bridgehead atoms. The van der Waals surface area contributed by atoms with Crippen molar-refractivity contribution < 1.29 is 31.9 Å². The summed E-state index contributed by atoms with van der Waals surface area (Å²) in [6, 6.07) is 14.4. The number of carbonyl (C=O) groups is 1. The highest BCUT2D eigenvalue weighted by atomic mass is 19.4. The number of alkyl halides is 3. The molecule has 0 aliphatic rings. The summed E-state index contributed by atoms with van der Waals surface area (Å²) in [6.45, 7) is 2.49. The van der Waals surface area contributed by atoms with E-state index in [1.165, 1.54) is 18.2 Å². The Morgan fingerprint density at radius 1 is 0.919 bits per heavy atom. The summed E-state index contributed by atoms with van der Waals surface area (Å²) in [7, 11) is 0. The topological polar surface area (TPSA) is 61.4 Å². The van der Waals surface area contributed by atoms with E-state index in [-0.39, 0.29) is 24.1 Å². The van der Waals surface area contributed by atoms with E-state index >= 15 is 0 Å². The van der Waals surface area contributed by atoms with Gasteiger partial charge in [-0.3, -0.25) is 4.79 Å². The number of benzene rings is 3. The third-order valence-electron chi connectivity index (χ3n) is 5.94. The van der Waals surface area contributed by atoms with Gasteiger partial charge in [-0.25, -0.2) is 8.78 Å². The van der Waals surface area contributed by atoms with E-state index in [4.69, 9.17) is 0 Å². The van der Waals surface area contributed by atoms with Crippen LogP contribution in [0.3, 0.4) is 0 Å². The number of hydrogen-bond acceptors (Lipinski definition) is 3. The quantitative estimate of drug-likeness (QED) is 0.313. The van der Waals surface area contributed by atoms with Crippen LogP contribution in [0.4, 0.5) is 22.0 Å². The molecule has 37 heavy (non-hydrogen) atoms. The van der Waals surface area contributed by atoms with Gasteiger partial charge in [0.25, 0.3) is 0 Å². The van der Waals surface area contributed by atoms with Gasteiger partial charge in [0.15, 0.2) is 0 Å². The molecule has 0 radical (unpaired) electrons. The third kappa shape index (κ3) is 8.65. The van der Waals surface area contributed by atoms with Gasteiger partial charge in [-0.2, -0.15) is 13.2 Å². The Bertz CT molecular complexity index is 1180. The molecule has 3 aromatic rings. The number of amides is 1. The molecular weight excluding hydrogens is 491 g/mol. The molecule has 0 saturated carbocycles. The van der Waals surface area contributed by atoms with Crippen molar-refractivity contribution in [1.29, 1.82) is 0 Å². The van der Waals surface area contributed by atoms with Gasteiger partial charge in [-0.05, 0) is 53.3 Å². The lowest BCUT2D eigenvalue weighted by Gasteiger charge is -2.25. The monoisotopic (exact) mass is 520 g/mol. The minimum atomic E-state index is -4.63. The Morgan fingerprint density at radius 3 is 2.27 bits per heavy atom. The van der Waals surface area contributed by atoms with Crippen molar-refractivity contribution in [2.45, 2.75) is 51.1 Å². The zero-order chi connectivity index (χ0) is 27.0. The summed E-state index contributed by atoms with van der Waals surface area (Å²) in [6.07, 6.45) is -5.66. The molecule has 3 rings (SSSR count). The molecule has 9 heteroatoms. The maximum absolute atomic E-state index is 13.7. The van der Waals surface area contributed by atoms with E-state index in [9.17, 15) is 31.9 Å². The van der Waals surface area contributed by atoms with Crippen molar-refractivity contribution in [2.75, 3.05) is 6.54 Å². The van der Waals surface area contributed by atoms with E-state index in [1.807, 2.05) is 31.2 Å². The summed E-state index contributed by atoms with van der Waals surface area (Å²) in [5.74, 6) is -2.39. The highest BCUT2D eigenvalue weighted by Crippen LogP contribution is 2.32. The fraction of sp³-hybridized carbons (Fsp3) is 0.321. The van der Waals surface area contributed by atoms with Crippen LogP contribution in [-0.2, 0) is 36.8 Å². The first-order chi connectivity index (χ1) is 17.5. The highest BCUT2D eigenvalue weighted by molar-refractivity contribution is 5.79. The first-order valence-electron chi connectivity index (χ1n) is 11.9. The van der Waals surface area contributed by atoms with Crippen molar-refractivity contribution >= 4 is 5.91 Å². The van der Waals surface area contributed by atoms with Crippen LogP contribution < -0.4 is 10.6 Å². The number of aryl methyl sites for hydroxylation is 1. The van der Waals surface area contributed by atoms with Crippen molar-refractivity contribution in [1.82, 2.24) is 10.6 Å². The molecule has 198 valence electrons. The summed E-state index contributed by atoms with van der Waals surface area (Å²) in [5, 5.41) is 16.5. The van der Waals surface area contributed by atoms with Gasteiger partial charge in [-0.15, -0.1) is 0 Å². The largest absolute Gasteiger partial charge is 0.416 e. The molecular formula is C28H29F5N2O2. The van der Waals surface area contributed by atoms with E-state index in [2.05, 4.69) is 10.6 Å². The Balaban J connectivity index is 1.72. The number of carbonyl (C=O) groups excluding carboxylic acids is 1. The average Bonchev–Trinajstić information content (AvgIpc) is 2.82. The predicted octanol–water partition coefficient (Wildman–Crippen LogP) is 4.97. The van der Waals surface area contributed by atoms with Crippen LogP contribution >= 0.6 is 0 Å². The lowest BCUT2D eigenvalue weighted by Crippen LogP contribution is -2.49. The summed E-state index contributed by atoms with van der Waals surface area (Å²) >= 11 is 0. The second kappa shape index (κ2) is 12.8. The van der Waals surface area contributed by atoms with E-state index in [0.717, 1.165) is 35.7 Å². The molecule has 0 saturated heterocycles. The molecule has 0 aromatic heterocycles. The lowest BCUT2D eigenvalue weighted by atomic mass is 9.99. The zero-order valence-electron chi connectivity index (χ0n) is 20.3. The van der Waals surface area contributed by atoms with Crippen molar-refractivity contribution in [3.8, 4) is 0 Å². The van der Waals surface area contributed by atoms with Crippen molar-refractivity contribution in [3.63, 3.8) is 0 Å². The van der Waals surface area contributed by atoms with Gasteiger partial charge in [-0.1, -0.05) is 49.4 Å². The van der Waals surface area contributed by atoms with E-state index < -0.39 is 47.8 Å². The average molecular weight is 521 g/mol. The second-order valence-corrected chi connectivity index (χ2v) is 8.86. The maximum atomic E-state index is 13.7. The molecule has 2 unspecified atom stereocenters. The fourth-order valence-corrected chi connectivity index (χ4v) is 4.11. The third-order valence-corrected chi connectivity index (χ3v) is 5.94. The fourth-order valence-electron chi connectivity index (χ4n) is 4.11. The second-order valence-electron chi connectivity index (χ2n) is 8.86. The molecule has 4 nitrogen and oxygen atoms in total. The zero-order valence-corrected chi connectivity index (χ0v) is 20.3. The molecule has 0 aliphatic carbocycles. The molecule has 0 spiro atoms. The van der Waals surface area contributed by atoms with Crippen LogP contribution in [0.25, 0.3) is 0 Å². The Kier molecular flexibility index (Phi) is 9.77. The van der Waals surface area contributed by atoms with Gasteiger partial charge in [0.05, 0.1) is 24.1 Å². The molecule has 0 heterocycles. The lowest BCUT2D eigenvalue weighted by molar-refractivity contribution is -0.138. The van der Waals surface area contributed by atoms with Crippen LogP contribution in [0.5, 0.6) is 0 Å². The van der Waals surface area contributed by atoms with Gasteiger partial charge < -0.3 is 15.7 Å². The van der Waals surface area contributed by atoms with Crippen molar-refractivity contribution in [3.05, 3.63) is 106 Å². The van der Waals surface area contributed by atoms with Gasteiger partial charge in [0.2, 0.25) is 5.91 Å². The number of nitrogens with one attached hydrogen (secondary N) is 2.